The Hall–Kier alpha value is -2.44. The highest BCUT2D eigenvalue weighted by Gasteiger charge is 2.11. The molecule has 1 amide bonds. The van der Waals surface area contributed by atoms with Gasteiger partial charge in [-0.15, -0.1) is 0 Å². The summed E-state index contributed by atoms with van der Waals surface area (Å²) in [6, 6.07) is 5.21. The number of rotatable bonds is 4. The molecule has 0 radical (unpaired) electrons. The van der Waals surface area contributed by atoms with Gasteiger partial charge in [0.25, 0.3) is 5.91 Å². The maximum Gasteiger partial charge on any atom is 0.328 e. The molecule has 0 unspecified atom stereocenters. The van der Waals surface area contributed by atoms with Gasteiger partial charge in [-0.2, -0.15) is 4.98 Å². The smallest absolute Gasteiger partial charge is 0.328 e. The van der Waals surface area contributed by atoms with Crippen LogP contribution in [0.2, 0.25) is 0 Å². The number of carbonyl (C=O) groups is 1. The quantitative estimate of drug-likeness (QED) is 0.849. The third-order valence-electron chi connectivity index (χ3n) is 2.09. The summed E-state index contributed by atoms with van der Waals surface area (Å²) in [7, 11) is 0. The van der Waals surface area contributed by atoms with E-state index in [1.54, 1.807) is 25.1 Å². The van der Waals surface area contributed by atoms with Gasteiger partial charge in [0.15, 0.2) is 5.82 Å². The number of amides is 1. The summed E-state index contributed by atoms with van der Waals surface area (Å²) in [4.78, 5) is 19.9. The number of anilines is 2. The Kier molecular flexibility index (Phi) is 3.52. The number of hydrogen-bond donors (Lipinski definition) is 2. The Balaban J connectivity index is 2.11. The van der Waals surface area contributed by atoms with Crippen LogP contribution in [0.3, 0.4) is 0 Å². The molecule has 2 heterocycles. The Morgan fingerprint density at radius 1 is 1.39 bits per heavy atom. The van der Waals surface area contributed by atoms with Crippen LogP contribution in [0.25, 0.3) is 0 Å². The van der Waals surface area contributed by atoms with Crippen molar-refractivity contribution < 1.29 is 9.32 Å². The lowest BCUT2D eigenvalue weighted by molar-refractivity contribution is 0.101. The van der Waals surface area contributed by atoms with Crippen molar-refractivity contribution in [3.05, 3.63) is 29.7 Å². The first-order chi connectivity index (χ1) is 8.69. The van der Waals surface area contributed by atoms with Crippen molar-refractivity contribution in [3.8, 4) is 0 Å². The third kappa shape index (κ3) is 2.82. The summed E-state index contributed by atoms with van der Waals surface area (Å²) >= 11 is 0. The number of nitrogens with zero attached hydrogens (tertiary/aromatic N) is 3. The first kappa shape index (κ1) is 12.0. The average Bonchev–Trinajstić information content (AvgIpc) is 2.75. The average molecular weight is 247 g/mol. The van der Waals surface area contributed by atoms with Gasteiger partial charge >= 0.3 is 6.01 Å². The molecule has 0 saturated carbocycles. The van der Waals surface area contributed by atoms with Crippen LogP contribution in [0, 0.1) is 6.92 Å². The second-order valence-electron chi connectivity index (χ2n) is 3.54. The molecule has 2 aromatic heterocycles. The second-order valence-corrected chi connectivity index (χ2v) is 3.54. The van der Waals surface area contributed by atoms with Crippen molar-refractivity contribution in [2.45, 2.75) is 13.8 Å². The lowest BCUT2D eigenvalue weighted by atomic mass is 10.3. The first-order valence-electron chi connectivity index (χ1n) is 5.51. The minimum atomic E-state index is -0.390. The van der Waals surface area contributed by atoms with Crippen LogP contribution in [0.5, 0.6) is 0 Å². The van der Waals surface area contributed by atoms with Gasteiger partial charge in [-0.3, -0.25) is 10.1 Å². The lowest BCUT2D eigenvalue weighted by Crippen LogP contribution is -2.14. The van der Waals surface area contributed by atoms with Crippen LogP contribution >= 0.6 is 0 Å². The number of aryl methyl sites for hydroxylation is 1. The zero-order valence-electron chi connectivity index (χ0n) is 10.1. The van der Waals surface area contributed by atoms with E-state index in [1.165, 1.54) is 0 Å². The zero-order chi connectivity index (χ0) is 13.0. The number of hydrogen-bond acceptors (Lipinski definition) is 6. The highest BCUT2D eigenvalue weighted by molar-refractivity contribution is 6.01. The Labute approximate surface area is 104 Å². The van der Waals surface area contributed by atoms with Gasteiger partial charge in [0.05, 0.1) is 0 Å². The maximum absolute atomic E-state index is 11.9. The maximum atomic E-state index is 11.9. The van der Waals surface area contributed by atoms with E-state index in [-0.39, 0.29) is 11.7 Å². The highest BCUT2D eigenvalue weighted by Crippen LogP contribution is 2.08. The zero-order valence-corrected chi connectivity index (χ0v) is 10.1. The topological polar surface area (TPSA) is 92.9 Å². The molecule has 0 aromatic carbocycles. The van der Waals surface area contributed by atoms with E-state index in [0.29, 0.717) is 11.6 Å². The molecule has 0 aliphatic carbocycles. The molecule has 0 saturated heterocycles. The van der Waals surface area contributed by atoms with E-state index in [0.717, 1.165) is 6.54 Å². The van der Waals surface area contributed by atoms with E-state index in [4.69, 9.17) is 4.52 Å². The summed E-state index contributed by atoms with van der Waals surface area (Å²) in [5, 5.41) is 9.08. The van der Waals surface area contributed by atoms with Gasteiger partial charge < -0.3 is 9.84 Å². The Morgan fingerprint density at radius 3 is 2.89 bits per heavy atom. The highest BCUT2D eigenvalue weighted by atomic mass is 16.5. The van der Waals surface area contributed by atoms with E-state index in [2.05, 4.69) is 25.8 Å². The van der Waals surface area contributed by atoms with Crippen LogP contribution in [0.1, 0.15) is 23.2 Å². The molecular formula is C11H13N5O2. The molecule has 0 spiro atoms. The fraction of sp³-hybridized carbons (Fsp3) is 0.273. The van der Waals surface area contributed by atoms with E-state index in [9.17, 15) is 4.79 Å². The fourth-order valence-electron chi connectivity index (χ4n) is 1.35. The van der Waals surface area contributed by atoms with Gasteiger partial charge in [0.1, 0.15) is 11.5 Å². The Morgan fingerprint density at radius 2 is 2.22 bits per heavy atom. The van der Waals surface area contributed by atoms with Crippen molar-refractivity contribution in [2.24, 2.45) is 0 Å². The molecule has 0 bridgehead atoms. The van der Waals surface area contributed by atoms with E-state index >= 15 is 0 Å². The van der Waals surface area contributed by atoms with Crippen LogP contribution < -0.4 is 10.6 Å². The first-order valence-corrected chi connectivity index (χ1v) is 5.51. The minimum Gasteiger partial charge on any atom is -0.370 e. The van der Waals surface area contributed by atoms with Gasteiger partial charge in [0, 0.05) is 6.54 Å². The molecule has 94 valence electrons. The molecule has 7 nitrogen and oxygen atoms in total. The number of nitrogens with one attached hydrogen (secondary N) is 2. The monoisotopic (exact) mass is 247 g/mol. The van der Waals surface area contributed by atoms with Crippen molar-refractivity contribution >= 4 is 17.7 Å². The molecule has 18 heavy (non-hydrogen) atoms. The van der Waals surface area contributed by atoms with Crippen molar-refractivity contribution in [2.75, 3.05) is 17.2 Å². The van der Waals surface area contributed by atoms with Crippen molar-refractivity contribution in [3.63, 3.8) is 0 Å². The van der Waals surface area contributed by atoms with Gasteiger partial charge in [-0.05, 0) is 26.0 Å². The molecule has 2 N–H and O–H groups in total. The fourth-order valence-corrected chi connectivity index (χ4v) is 1.35. The normalized spacial score (nSPS) is 10.1. The molecule has 0 aliphatic heterocycles. The summed E-state index contributed by atoms with van der Waals surface area (Å²) < 4.78 is 4.80. The number of pyridine rings is 1. The van der Waals surface area contributed by atoms with Crippen LogP contribution in [0.4, 0.5) is 11.8 Å². The van der Waals surface area contributed by atoms with Crippen LogP contribution in [0.15, 0.2) is 22.7 Å². The standard InChI is InChI=1S/C11H13N5O2/c1-3-12-9-6-4-5-8(14-9)10(17)15-11-13-7(2)16-18-11/h4-6H,3H2,1-2H3,(H,12,14)(H,13,15,16,17). The summed E-state index contributed by atoms with van der Waals surface area (Å²) in [6.45, 7) is 4.36. The van der Waals surface area contributed by atoms with Gasteiger partial charge in [-0.1, -0.05) is 11.2 Å². The van der Waals surface area contributed by atoms with E-state index < -0.39 is 5.91 Å². The van der Waals surface area contributed by atoms with Crippen molar-refractivity contribution in [1.29, 1.82) is 0 Å². The van der Waals surface area contributed by atoms with Crippen LogP contribution in [-0.4, -0.2) is 27.6 Å². The predicted octanol–water partition coefficient (Wildman–Crippen LogP) is 1.46. The molecule has 0 aliphatic rings. The summed E-state index contributed by atoms with van der Waals surface area (Å²) in [6.07, 6.45) is 0. The lowest BCUT2D eigenvalue weighted by Gasteiger charge is -2.04. The molecule has 0 atom stereocenters. The largest absolute Gasteiger partial charge is 0.370 e. The van der Waals surface area contributed by atoms with Crippen LogP contribution in [-0.2, 0) is 0 Å². The Bertz CT molecular complexity index is 552. The number of carbonyl (C=O) groups excluding carboxylic acids is 1. The minimum absolute atomic E-state index is 0.0631. The molecule has 2 rings (SSSR count). The number of aromatic nitrogens is 3. The van der Waals surface area contributed by atoms with Gasteiger partial charge in [0.2, 0.25) is 0 Å². The molecule has 2 aromatic rings. The molecular weight excluding hydrogens is 234 g/mol. The predicted molar refractivity (Wildman–Crippen MR) is 65.4 cm³/mol. The molecule has 7 heteroatoms. The van der Waals surface area contributed by atoms with Crippen molar-refractivity contribution in [1.82, 2.24) is 15.1 Å². The summed E-state index contributed by atoms with van der Waals surface area (Å²) in [5.41, 5.74) is 0.282. The van der Waals surface area contributed by atoms with Gasteiger partial charge in [-0.25, -0.2) is 4.98 Å². The third-order valence-corrected chi connectivity index (χ3v) is 2.09. The second kappa shape index (κ2) is 5.26. The van der Waals surface area contributed by atoms with E-state index in [1.807, 2.05) is 6.92 Å². The molecule has 0 fully saturated rings. The summed E-state index contributed by atoms with van der Waals surface area (Å²) in [5.74, 6) is 0.713. The SMILES string of the molecule is CCNc1cccc(C(=O)Nc2nc(C)no2)n1.